The Morgan fingerprint density at radius 3 is 2.62 bits per heavy atom. The number of aliphatic hydroxyl groups excluding tert-OH is 1. The molecule has 3 N–H and O–H groups in total. The Kier molecular flexibility index (Phi) is 7.48. The van der Waals surface area contributed by atoms with Crippen LogP contribution in [0.25, 0.3) is 0 Å². The number of ether oxygens (including phenoxy) is 2. The van der Waals surface area contributed by atoms with E-state index in [-0.39, 0.29) is 55.4 Å². The molecule has 1 saturated heterocycles. The smallest absolute Gasteiger partial charge is 0.228 e. The van der Waals surface area contributed by atoms with Crippen molar-refractivity contribution >= 4 is 17.5 Å². The van der Waals surface area contributed by atoms with Crippen molar-refractivity contribution in [2.75, 3.05) is 11.9 Å². The molecule has 2 aliphatic heterocycles. The highest BCUT2D eigenvalue weighted by Gasteiger charge is 2.46. The van der Waals surface area contributed by atoms with Crippen LogP contribution in [-0.4, -0.2) is 46.8 Å². The fraction of sp³-hybridized carbons (Fsp3) is 0.345. The van der Waals surface area contributed by atoms with Gasteiger partial charge in [-0.2, -0.15) is 0 Å². The number of hydrogen-bond acceptors (Lipinski definition) is 6. The first-order valence-corrected chi connectivity index (χ1v) is 12.6. The quantitative estimate of drug-likeness (QED) is 0.436. The predicted molar refractivity (Wildman–Crippen MR) is 138 cm³/mol. The number of pyridine rings is 1. The molecule has 5 rings (SSSR count). The second kappa shape index (κ2) is 11.1. The highest BCUT2D eigenvalue weighted by Crippen LogP contribution is 2.47. The van der Waals surface area contributed by atoms with Crippen LogP contribution >= 0.6 is 0 Å². The van der Waals surface area contributed by atoms with Crippen LogP contribution in [0.1, 0.15) is 48.4 Å². The summed E-state index contributed by atoms with van der Waals surface area (Å²) in [5.74, 6) is 0.436. The van der Waals surface area contributed by atoms with Crippen LogP contribution in [0.5, 0.6) is 5.75 Å². The molecule has 0 aliphatic carbocycles. The maximum Gasteiger partial charge on any atom is 0.228 e. The Bertz CT molecular complexity index is 1240. The normalized spacial score (nSPS) is 22.8. The topological polar surface area (TPSA) is 110 Å². The molecule has 2 amide bonds. The molecule has 2 aromatic carbocycles. The lowest BCUT2D eigenvalue weighted by Gasteiger charge is -2.37. The van der Waals surface area contributed by atoms with Crippen molar-refractivity contribution in [3.8, 4) is 5.75 Å². The van der Waals surface area contributed by atoms with E-state index in [2.05, 4.69) is 15.6 Å². The Balaban J connectivity index is 1.25. The SMILES string of the molecule is C[C@H](NC(=O)C[C@@H]1C[C@H]2c3cc(NC(=O)Cc4ccncc4)ccc3O[C@H]2[C@@H](CO)O1)c1ccccc1. The molecular weight excluding hydrogens is 470 g/mol. The van der Waals surface area contributed by atoms with Crippen LogP contribution in [0.3, 0.4) is 0 Å². The summed E-state index contributed by atoms with van der Waals surface area (Å²) >= 11 is 0. The number of nitrogens with one attached hydrogen (secondary N) is 2. The first-order chi connectivity index (χ1) is 18.0. The lowest BCUT2D eigenvalue weighted by Crippen LogP contribution is -2.47. The molecule has 1 aromatic heterocycles. The number of aromatic nitrogens is 1. The van der Waals surface area contributed by atoms with Crippen molar-refractivity contribution in [1.29, 1.82) is 0 Å². The van der Waals surface area contributed by atoms with Crippen LogP contribution in [-0.2, 0) is 20.7 Å². The summed E-state index contributed by atoms with van der Waals surface area (Å²) in [5, 5.41) is 16.0. The Labute approximate surface area is 216 Å². The molecule has 0 saturated carbocycles. The van der Waals surface area contributed by atoms with Crippen LogP contribution in [0.4, 0.5) is 5.69 Å². The molecule has 0 unspecified atom stereocenters. The fourth-order valence-corrected chi connectivity index (χ4v) is 5.19. The monoisotopic (exact) mass is 501 g/mol. The molecule has 0 bridgehead atoms. The zero-order valence-electron chi connectivity index (χ0n) is 20.7. The molecule has 3 heterocycles. The molecule has 0 radical (unpaired) electrons. The van der Waals surface area contributed by atoms with E-state index in [0.29, 0.717) is 17.9 Å². The van der Waals surface area contributed by atoms with Gasteiger partial charge in [0, 0.05) is 29.6 Å². The summed E-state index contributed by atoms with van der Waals surface area (Å²) in [4.78, 5) is 29.4. The number of fused-ring (bicyclic) bond motifs is 3. The van der Waals surface area contributed by atoms with E-state index in [9.17, 15) is 14.7 Å². The third-order valence-electron chi connectivity index (χ3n) is 6.99. The number of benzene rings is 2. The zero-order valence-corrected chi connectivity index (χ0v) is 20.7. The molecule has 8 heteroatoms. The van der Waals surface area contributed by atoms with Gasteiger partial charge in [0.15, 0.2) is 0 Å². The highest BCUT2D eigenvalue weighted by molar-refractivity contribution is 5.92. The van der Waals surface area contributed by atoms with E-state index in [0.717, 1.165) is 16.7 Å². The third-order valence-corrected chi connectivity index (χ3v) is 6.99. The third kappa shape index (κ3) is 5.81. The van der Waals surface area contributed by atoms with Gasteiger partial charge in [-0.05, 0) is 54.8 Å². The molecule has 8 nitrogen and oxygen atoms in total. The summed E-state index contributed by atoms with van der Waals surface area (Å²) in [6, 6.07) is 18.9. The van der Waals surface area contributed by atoms with E-state index in [1.807, 2.05) is 67.6 Å². The van der Waals surface area contributed by atoms with Gasteiger partial charge in [-0.3, -0.25) is 14.6 Å². The largest absolute Gasteiger partial charge is 0.487 e. The first-order valence-electron chi connectivity index (χ1n) is 12.6. The molecular formula is C29H31N3O5. The number of anilines is 1. The minimum atomic E-state index is -0.541. The number of carbonyl (C=O) groups is 2. The van der Waals surface area contributed by atoms with Gasteiger partial charge in [-0.25, -0.2) is 0 Å². The van der Waals surface area contributed by atoms with Gasteiger partial charge in [0.2, 0.25) is 11.8 Å². The summed E-state index contributed by atoms with van der Waals surface area (Å²) in [7, 11) is 0. The molecule has 5 atom stereocenters. The number of nitrogens with zero attached hydrogens (tertiary/aromatic N) is 1. The molecule has 1 fully saturated rings. The lowest BCUT2D eigenvalue weighted by atomic mass is 9.84. The van der Waals surface area contributed by atoms with Crippen LogP contribution in [0, 0.1) is 0 Å². The minimum Gasteiger partial charge on any atom is -0.487 e. The second-order valence-electron chi connectivity index (χ2n) is 9.64. The van der Waals surface area contributed by atoms with Gasteiger partial charge in [-0.1, -0.05) is 30.3 Å². The predicted octanol–water partition coefficient (Wildman–Crippen LogP) is 3.52. The molecule has 3 aromatic rings. The van der Waals surface area contributed by atoms with E-state index >= 15 is 0 Å². The van der Waals surface area contributed by atoms with Crippen molar-refractivity contribution in [3.63, 3.8) is 0 Å². The average Bonchev–Trinajstić information content (AvgIpc) is 3.27. The van der Waals surface area contributed by atoms with Gasteiger partial charge in [0.1, 0.15) is 18.0 Å². The molecule has 37 heavy (non-hydrogen) atoms. The van der Waals surface area contributed by atoms with Gasteiger partial charge in [0.05, 0.1) is 31.6 Å². The second-order valence-corrected chi connectivity index (χ2v) is 9.64. The highest BCUT2D eigenvalue weighted by atomic mass is 16.6. The fourth-order valence-electron chi connectivity index (χ4n) is 5.19. The molecule has 0 spiro atoms. The lowest BCUT2D eigenvalue weighted by molar-refractivity contribution is -0.142. The maximum absolute atomic E-state index is 12.8. The van der Waals surface area contributed by atoms with Crippen molar-refractivity contribution in [3.05, 3.63) is 89.7 Å². The standard InChI is InChI=1S/C29H31N3O5/c1-18(20-5-3-2-4-6-20)31-28(35)16-22-15-24-23-14-21(32-27(34)13-19-9-11-30-12-10-19)7-8-25(23)37-29(24)26(17-33)36-22/h2-12,14,18,22,24,26,29,33H,13,15-17H2,1H3,(H,31,35)(H,32,34)/t18-,22-,24-,26+,29+/m0/s1. The minimum absolute atomic E-state index is 0.0534. The van der Waals surface area contributed by atoms with Crippen LogP contribution in [0.15, 0.2) is 73.1 Å². The van der Waals surface area contributed by atoms with Crippen molar-refractivity contribution in [2.24, 2.45) is 0 Å². The molecule has 192 valence electrons. The Morgan fingerprint density at radius 2 is 1.86 bits per heavy atom. The van der Waals surface area contributed by atoms with E-state index in [1.54, 1.807) is 12.4 Å². The number of carbonyl (C=O) groups excluding carboxylic acids is 2. The van der Waals surface area contributed by atoms with Gasteiger partial charge >= 0.3 is 0 Å². The van der Waals surface area contributed by atoms with Gasteiger partial charge in [0.25, 0.3) is 0 Å². The van der Waals surface area contributed by atoms with E-state index in [4.69, 9.17) is 9.47 Å². The van der Waals surface area contributed by atoms with E-state index in [1.165, 1.54) is 0 Å². The van der Waals surface area contributed by atoms with Gasteiger partial charge < -0.3 is 25.2 Å². The number of amides is 2. The number of hydrogen-bond donors (Lipinski definition) is 3. The number of rotatable bonds is 8. The van der Waals surface area contributed by atoms with Crippen molar-refractivity contribution in [1.82, 2.24) is 10.3 Å². The Morgan fingerprint density at radius 1 is 1.08 bits per heavy atom. The first kappa shape index (κ1) is 24.9. The maximum atomic E-state index is 12.8. The summed E-state index contributed by atoms with van der Waals surface area (Å²) < 4.78 is 12.2. The molecule has 2 aliphatic rings. The van der Waals surface area contributed by atoms with Crippen molar-refractivity contribution < 1.29 is 24.2 Å². The van der Waals surface area contributed by atoms with Crippen LogP contribution < -0.4 is 15.4 Å². The summed E-state index contributed by atoms with van der Waals surface area (Å²) in [6.07, 6.45) is 3.10. The summed E-state index contributed by atoms with van der Waals surface area (Å²) in [6.45, 7) is 1.75. The Hall–Kier alpha value is -3.75. The van der Waals surface area contributed by atoms with Crippen molar-refractivity contribution in [2.45, 2.75) is 56.5 Å². The van der Waals surface area contributed by atoms with E-state index < -0.39 is 6.10 Å². The summed E-state index contributed by atoms with van der Waals surface area (Å²) in [5.41, 5.74) is 3.55. The van der Waals surface area contributed by atoms with Crippen LogP contribution in [0.2, 0.25) is 0 Å². The average molecular weight is 502 g/mol. The zero-order chi connectivity index (χ0) is 25.8. The number of aliphatic hydroxyl groups is 1. The van der Waals surface area contributed by atoms with Gasteiger partial charge in [-0.15, -0.1) is 0 Å².